The SMILES string of the molecule is CC(CC(=O)O)NC(=O)C1CCN(c2ccc(C(C)C)cc2)C1=O. The number of carbonyl (C=O) groups excluding carboxylic acids is 2. The molecule has 2 unspecified atom stereocenters. The van der Waals surface area contributed by atoms with E-state index in [0.29, 0.717) is 18.9 Å². The predicted molar refractivity (Wildman–Crippen MR) is 90.8 cm³/mol. The molecule has 0 aliphatic carbocycles. The third-order valence-corrected chi connectivity index (χ3v) is 4.26. The zero-order valence-electron chi connectivity index (χ0n) is 14.3. The highest BCUT2D eigenvalue weighted by Crippen LogP contribution is 2.27. The molecular formula is C18H24N2O4. The van der Waals surface area contributed by atoms with Crippen molar-refractivity contribution in [2.24, 2.45) is 5.92 Å². The first-order valence-corrected chi connectivity index (χ1v) is 8.23. The Hall–Kier alpha value is -2.37. The fourth-order valence-electron chi connectivity index (χ4n) is 2.88. The lowest BCUT2D eigenvalue weighted by molar-refractivity contribution is -0.137. The van der Waals surface area contributed by atoms with E-state index in [4.69, 9.17) is 5.11 Å². The van der Waals surface area contributed by atoms with Gasteiger partial charge in [0.05, 0.1) is 6.42 Å². The Kier molecular flexibility index (Phi) is 5.59. The summed E-state index contributed by atoms with van der Waals surface area (Å²) in [6.45, 7) is 6.32. The van der Waals surface area contributed by atoms with Gasteiger partial charge in [-0.15, -0.1) is 0 Å². The van der Waals surface area contributed by atoms with Crippen LogP contribution in [0.25, 0.3) is 0 Å². The van der Waals surface area contributed by atoms with E-state index in [0.717, 1.165) is 5.69 Å². The molecule has 0 saturated carbocycles. The lowest BCUT2D eigenvalue weighted by Crippen LogP contribution is -2.41. The molecule has 130 valence electrons. The van der Waals surface area contributed by atoms with Crippen LogP contribution < -0.4 is 10.2 Å². The Balaban J connectivity index is 2.01. The van der Waals surface area contributed by atoms with Crippen LogP contribution in [-0.4, -0.2) is 35.5 Å². The highest BCUT2D eigenvalue weighted by atomic mass is 16.4. The number of anilines is 1. The van der Waals surface area contributed by atoms with E-state index >= 15 is 0 Å². The molecule has 1 aromatic carbocycles. The average molecular weight is 332 g/mol. The minimum Gasteiger partial charge on any atom is -0.481 e. The van der Waals surface area contributed by atoms with Gasteiger partial charge in [0.15, 0.2) is 0 Å². The molecule has 1 aliphatic rings. The van der Waals surface area contributed by atoms with Crippen LogP contribution in [0.4, 0.5) is 5.69 Å². The molecule has 2 N–H and O–H groups in total. The predicted octanol–water partition coefficient (Wildman–Crippen LogP) is 2.14. The molecule has 2 atom stereocenters. The van der Waals surface area contributed by atoms with Gasteiger partial charge in [-0.05, 0) is 37.0 Å². The number of carboxylic acid groups (broad SMARTS) is 1. The number of carbonyl (C=O) groups is 3. The van der Waals surface area contributed by atoms with Gasteiger partial charge in [0.25, 0.3) is 0 Å². The minimum absolute atomic E-state index is 0.160. The van der Waals surface area contributed by atoms with E-state index < -0.39 is 23.8 Å². The van der Waals surface area contributed by atoms with Crippen LogP contribution in [0.2, 0.25) is 0 Å². The van der Waals surface area contributed by atoms with Crippen molar-refractivity contribution in [3.05, 3.63) is 29.8 Å². The van der Waals surface area contributed by atoms with Crippen molar-refractivity contribution in [2.75, 3.05) is 11.4 Å². The molecule has 6 nitrogen and oxygen atoms in total. The van der Waals surface area contributed by atoms with Crippen molar-refractivity contribution in [2.45, 2.75) is 45.6 Å². The molecule has 2 rings (SSSR count). The molecule has 24 heavy (non-hydrogen) atoms. The number of hydrogen-bond acceptors (Lipinski definition) is 3. The van der Waals surface area contributed by atoms with Crippen molar-refractivity contribution in [1.82, 2.24) is 5.32 Å². The average Bonchev–Trinajstić information content (AvgIpc) is 2.88. The van der Waals surface area contributed by atoms with Crippen LogP contribution in [0, 0.1) is 5.92 Å². The number of hydrogen-bond donors (Lipinski definition) is 2. The zero-order chi connectivity index (χ0) is 17.9. The number of rotatable bonds is 6. The molecule has 0 spiro atoms. The molecule has 1 aromatic rings. The second-order valence-electron chi connectivity index (χ2n) is 6.58. The summed E-state index contributed by atoms with van der Waals surface area (Å²) in [5, 5.41) is 11.4. The van der Waals surface area contributed by atoms with Crippen LogP contribution in [0.5, 0.6) is 0 Å². The molecule has 2 amide bonds. The lowest BCUT2D eigenvalue weighted by Gasteiger charge is -2.18. The summed E-state index contributed by atoms with van der Waals surface area (Å²) in [5.74, 6) is -1.93. The van der Waals surface area contributed by atoms with Crippen molar-refractivity contribution in [3.8, 4) is 0 Å². The molecule has 1 aliphatic heterocycles. The summed E-state index contributed by atoms with van der Waals surface area (Å²) in [4.78, 5) is 37.0. The number of nitrogens with one attached hydrogen (secondary N) is 1. The number of amides is 2. The Morgan fingerprint density at radius 3 is 2.42 bits per heavy atom. The molecule has 1 fully saturated rings. The maximum absolute atomic E-state index is 12.5. The van der Waals surface area contributed by atoms with Gasteiger partial charge < -0.3 is 15.3 Å². The van der Waals surface area contributed by atoms with Crippen molar-refractivity contribution in [3.63, 3.8) is 0 Å². The molecule has 6 heteroatoms. The summed E-state index contributed by atoms with van der Waals surface area (Å²) in [7, 11) is 0. The van der Waals surface area contributed by atoms with Gasteiger partial charge in [0.1, 0.15) is 5.92 Å². The molecule has 1 heterocycles. The van der Waals surface area contributed by atoms with E-state index in [1.165, 1.54) is 5.56 Å². The smallest absolute Gasteiger partial charge is 0.305 e. The van der Waals surface area contributed by atoms with Gasteiger partial charge >= 0.3 is 5.97 Å². The lowest BCUT2D eigenvalue weighted by atomic mass is 10.0. The number of aliphatic carboxylic acids is 1. The van der Waals surface area contributed by atoms with Crippen molar-refractivity contribution < 1.29 is 19.5 Å². The van der Waals surface area contributed by atoms with Crippen LogP contribution in [0.15, 0.2) is 24.3 Å². The molecular weight excluding hydrogens is 308 g/mol. The van der Waals surface area contributed by atoms with E-state index in [1.54, 1.807) is 11.8 Å². The molecule has 0 aromatic heterocycles. The largest absolute Gasteiger partial charge is 0.481 e. The van der Waals surface area contributed by atoms with Crippen LogP contribution >= 0.6 is 0 Å². The molecule has 1 saturated heterocycles. The van der Waals surface area contributed by atoms with Gasteiger partial charge in [-0.25, -0.2) is 0 Å². The third-order valence-electron chi connectivity index (χ3n) is 4.26. The normalized spacial score (nSPS) is 18.8. The summed E-state index contributed by atoms with van der Waals surface area (Å²) in [5.41, 5.74) is 1.99. The first-order chi connectivity index (χ1) is 11.3. The zero-order valence-corrected chi connectivity index (χ0v) is 14.3. The van der Waals surface area contributed by atoms with Crippen LogP contribution in [-0.2, 0) is 14.4 Å². The Bertz CT molecular complexity index is 624. The minimum atomic E-state index is -0.979. The van der Waals surface area contributed by atoms with E-state index in [9.17, 15) is 14.4 Å². The summed E-state index contributed by atoms with van der Waals surface area (Å²) in [6, 6.07) is 7.30. The van der Waals surface area contributed by atoms with Crippen molar-refractivity contribution >= 4 is 23.5 Å². The quantitative estimate of drug-likeness (QED) is 0.782. The van der Waals surface area contributed by atoms with E-state index in [-0.39, 0.29) is 12.3 Å². The standard InChI is InChI=1S/C18H24N2O4/c1-11(2)13-4-6-14(7-5-13)20-9-8-15(18(20)24)17(23)19-12(3)10-16(21)22/h4-7,11-12,15H,8-10H2,1-3H3,(H,19,23)(H,21,22). The maximum Gasteiger partial charge on any atom is 0.305 e. The second kappa shape index (κ2) is 7.47. The molecule has 0 bridgehead atoms. The van der Waals surface area contributed by atoms with Gasteiger partial charge in [0, 0.05) is 18.3 Å². The van der Waals surface area contributed by atoms with Gasteiger partial charge in [-0.2, -0.15) is 0 Å². The highest BCUT2D eigenvalue weighted by Gasteiger charge is 2.38. The first kappa shape index (κ1) is 18.0. The number of nitrogens with zero attached hydrogens (tertiary/aromatic N) is 1. The number of carboxylic acids is 1. The second-order valence-corrected chi connectivity index (χ2v) is 6.58. The fraction of sp³-hybridized carbons (Fsp3) is 0.500. The van der Waals surface area contributed by atoms with Crippen LogP contribution in [0.3, 0.4) is 0 Å². The fourth-order valence-corrected chi connectivity index (χ4v) is 2.88. The topological polar surface area (TPSA) is 86.7 Å². The summed E-state index contributed by atoms with van der Waals surface area (Å²) >= 11 is 0. The first-order valence-electron chi connectivity index (χ1n) is 8.23. The van der Waals surface area contributed by atoms with Gasteiger partial charge in [0.2, 0.25) is 11.8 Å². The van der Waals surface area contributed by atoms with Gasteiger partial charge in [-0.3, -0.25) is 14.4 Å². The monoisotopic (exact) mass is 332 g/mol. The maximum atomic E-state index is 12.5. The highest BCUT2D eigenvalue weighted by molar-refractivity contribution is 6.09. The number of benzene rings is 1. The third kappa shape index (κ3) is 4.13. The summed E-state index contributed by atoms with van der Waals surface area (Å²) in [6.07, 6.45) is 0.281. The Morgan fingerprint density at radius 2 is 1.88 bits per heavy atom. The van der Waals surface area contributed by atoms with E-state index in [1.807, 2.05) is 24.3 Å². The van der Waals surface area contributed by atoms with E-state index in [2.05, 4.69) is 19.2 Å². The van der Waals surface area contributed by atoms with Crippen molar-refractivity contribution in [1.29, 1.82) is 0 Å². The van der Waals surface area contributed by atoms with Crippen LogP contribution in [0.1, 0.15) is 45.1 Å². The molecule has 0 radical (unpaired) electrons. The Morgan fingerprint density at radius 1 is 1.25 bits per heavy atom. The summed E-state index contributed by atoms with van der Waals surface area (Å²) < 4.78 is 0. The van der Waals surface area contributed by atoms with Gasteiger partial charge in [-0.1, -0.05) is 26.0 Å². The Labute approximate surface area is 141 Å².